The Bertz CT molecular complexity index is 205. The zero-order valence-electron chi connectivity index (χ0n) is 10.2. The molecule has 0 aromatic rings. The molecule has 0 radical (unpaired) electrons. The van der Waals surface area contributed by atoms with E-state index in [4.69, 9.17) is 5.73 Å². The maximum atomic E-state index is 11.9. The zero-order chi connectivity index (χ0) is 12.1. The molecule has 15 heavy (non-hydrogen) atoms. The molecule has 0 rings (SSSR count). The summed E-state index contributed by atoms with van der Waals surface area (Å²) in [5, 5.41) is 13.0. The molecule has 0 aliphatic heterocycles. The SMILES string of the molecule is CCC(C)NC(CN)C(=O)C(C)(O)CC. The molecule has 0 aromatic heterocycles. The summed E-state index contributed by atoms with van der Waals surface area (Å²) in [4.78, 5) is 11.9. The van der Waals surface area contributed by atoms with E-state index in [1.165, 1.54) is 6.92 Å². The lowest BCUT2D eigenvalue weighted by Crippen LogP contribution is -2.54. The van der Waals surface area contributed by atoms with Crippen LogP contribution in [0.2, 0.25) is 0 Å². The predicted molar refractivity (Wildman–Crippen MR) is 61.7 cm³/mol. The van der Waals surface area contributed by atoms with Gasteiger partial charge in [-0.3, -0.25) is 4.79 Å². The van der Waals surface area contributed by atoms with Crippen LogP contribution in [0.3, 0.4) is 0 Å². The molecule has 0 fully saturated rings. The molecule has 4 nitrogen and oxygen atoms in total. The number of ketones is 1. The Morgan fingerprint density at radius 2 is 2.07 bits per heavy atom. The molecule has 90 valence electrons. The molecule has 0 heterocycles. The Morgan fingerprint density at radius 3 is 2.40 bits per heavy atom. The molecule has 0 saturated carbocycles. The summed E-state index contributed by atoms with van der Waals surface area (Å²) >= 11 is 0. The molecule has 0 bridgehead atoms. The van der Waals surface area contributed by atoms with Crippen LogP contribution in [0.4, 0.5) is 0 Å². The quantitative estimate of drug-likeness (QED) is 0.577. The number of carbonyl (C=O) groups is 1. The first-order valence-corrected chi connectivity index (χ1v) is 5.61. The second kappa shape index (κ2) is 6.20. The first kappa shape index (κ1) is 14.6. The minimum Gasteiger partial charge on any atom is -0.382 e. The second-order valence-electron chi connectivity index (χ2n) is 4.26. The van der Waals surface area contributed by atoms with Crippen molar-refractivity contribution < 1.29 is 9.90 Å². The summed E-state index contributed by atoms with van der Waals surface area (Å²) < 4.78 is 0. The fraction of sp³-hybridized carbons (Fsp3) is 0.909. The van der Waals surface area contributed by atoms with Gasteiger partial charge in [0, 0.05) is 12.6 Å². The van der Waals surface area contributed by atoms with Crippen LogP contribution in [0.1, 0.15) is 40.5 Å². The molecule has 4 heteroatoms. The number of Topliss-reactive ketones (excluding diaryl/α,β-unsaturated/α-hetero) is 1. The van der Waals surface area contributed by atoms with Gasteiger partial charge in [-0.25, -0.2) is 0 Å². The molecule has 0 aliphatic rings. The second-order valence-corrected chi connectivity index (χ2v) is 4.26. The van der Waals surface area contributed by atoms with Gasteiger partial charge in [0.1, 0.15) is 5.60 Å². The molecule has 0 amide bonds. The summed E-state index contributed by atoms with van der Waals surface area (Å²) in [6.45, 7) is 7.58. The number of nitrogens with one attached hydrogen (secondary N) is 1. The molecule has 0 saturated heterocycles. The molecular weight excluding hydrogens is 192 g/mol. The minimum absolute atomic E-state index is 0.215. The Balaban J connectivity index is 4.47. The van der Waals surface area contributed by atoms with Gasteiger partial charge in [-0.15, -0.1) is 0 Å². The highest BCUT2D eigenvalue weighted by Gasteiger charge is 2.33. The standard InChI is InChI=1S/C11H24N2O2/c1-5-8(3)13-9(7-12)10(14)11(4,15)6-2/h8-9,13,15H,5-7,12H2,1-4H3. The topological polar surface area (TPSA) is 75.3 Å². The van der Waals surface area contributed by atoms with Crippen LogP contribution < -0.4 is 11.1 Å². The molecule has 0 spiro atoms. The lowest BCUT2D eigenvalue weighted by Gasteiger charge is -2.27. The Kier molecular flexibility index (Phi) is 6.02. The van der Waals surface area contributed by atoms with E-state index < -0.39 is 11.6 Å². The van der Waals surface area contributed by atoms with Gasteiger partial charge in [0.15, 0.2) is 5.78 Å². The third kappa shape index (κ3) is 4.28. The third-order valence-corrected chi connectivity index (χ3v) is 2.87. The lowest BCUT2D eigenvalue weighted by molar-refractivity contribution is -0.138. The summed E-state index contributed by atoms with van der Waals surface area (Å²) in [6.07, 6.45) is 1.34. The van der Waals surface area contributed by atoms with Crippen LogP contribution in [0.15, 0.2) is 0 Å². The van der Waals surface area contributed by atoms with Crippen LogP contribution in [0.25, 0.3) is 0 Å². The van der Waals surface area contributed by atoms with E-state index in [-0.39, 0.29) is 18.4 Å². The van der Waals surface area contributed by atoms with E-state index >= 15 is 0 Å². The monoisotopic (exact) mass is 216 g/mol. The van der Waals surface area contributed by atoms with Gasteiger partial charge < -0.3 is 16.2 Å². The normalized spacial score (nSPS) is 19.3. The van der Waals surface area contributed by atoms with E-state index in [0.717, 1.165) is 6.42 Å². The van der Waals surface area contributed by atoms with Gasteiger partial charge in [-0.05, 0) is 26.7 Å². The van der Waals surface area contributed by atoms with Crippen LogP contribution >= 0.6 is 0 Å². The largest absolute Gasteiger partial charge is 0.382 e. The van der Waals surface area contributed by atoms with Crippen molar-refractivity contribution in [2.45, 2.75) is 58.2 Å². The zero-order valence-corrected chi connectivity index (χ0v) is 10.2. The van der Waals surface area contributed by atoms with Crippen molar-refractivity contribution in [2.75, 3.05) is 6.54 Å². The smallest absolute Gasteiger partial charge is 0.182 e. The Labute approximate surface area is 92.2 Å². The van der Waals surface area contributed by atoms with Crippen molar-refractivity contribution in [3.63, 3.8) is 0 Å². The fourth-order valence-corrected chi connectivity index (χ4v) is 1.26. The van der Waals surface area contributed by atoms with E-state index in [1.807, 2.05) is 13.8 Å². The summed E-state index contributed by atoms with van der Waals surface area (Å²) in [7, 11) is 0. The van der Waals surface area contributed by atoms with Gasteiger partial charge in [0.05, 0.1) is 6.04 Å². The van der Waals surface area contributed by atoms with Crippen LogP contribution in [0.5, 0.6) is 0 Å². The van der Waals surface area contributed by atoms with E-state index in [0.29, 0.717) is 6.42 Å². The van der Waals surface area contributed by atoms with Gasteiger partial charge in [-0.1, -0.05) is 13.8 Å². The predicted octanol–water partition coefficient (Wildman–Crippen LogP) is 0.432. The van der Waals surface area contributed by atoms with Crippen LogP contribution in [0, 0.1) is 0 Å². The van der Waals surface area contributed by atoms with Crippen LogP contribution in [-0.2, 0) is 4.79 Å². The van der Waals surface area contributed by atoms with Crippen molar-refractivity contribution in [3.8, 4) is 0 Å². The van der Waals surface area contributed by atoms with E-state index in [2.05, 4.69) is 5.32 Å². The highest BCUT2D eigenvalue weighted by atomic mass is 16.3. The number of hydrogen-bond acceptors (Lipinski definition) is 4. The minimum atomic E-state index is -1.27. The van der Waals surface area contributed by atoms with Gasteiger partial charge in [0.25, 0.3) is 0 Å². The maximum absolute atomic E-state index is 11.9. The molecule has 0 aliphatic carbocycles. The molecule has 0 aromatic carbocycles. The Morgan fingerprint density at radius 1 is 1.53 bits per heavy atom. The lowest BCUT2D eigenvalue weighted by atomic mass is 9.92. The van der Waals surface area contributed by atoms with E-state index in [9.17, 15) is 9.90 Å². The van der Waals surface area contributed by atoms with Crippen LogP contribution in [-0.4, -0.2) is 35.1 Å². The van der Waals surface area contributed by atoms with Gasteiger partial charge >= 0.3 is 0 Å². The summed E-state index contributed by atoms with van der Waals surface area (Å²) in [6, 6.07) is -0.218. The van der Waals surface area contributed by atoms with Gasteiger partial charge in [-0.2, -0.15) is 0 Å². The first-order valence-electron chi connectivity index (χ1n) is 5.61. The molecule has 3 atom stereocenters. The fourth-order valence-electron chi connectivity index (χ4n) is 1.26. The number of hydrogen-bond donors (Lipinski definition) is 3. The molecular formula is C11H24N2O2. The molecule has 4 N–H and O–H groups in total. The summed E-state index contributed by atoms with van der Waals surface area (Å²) in [5.41, 5.74) is 4.26. The van der Waals surface area contributed by atoms with Crippen molar-refractivity contribution in [1.29, 1.82) is 0 Å². The number of rotatable bonds is 7. The third-order valence-electron chi connectivity index (χ3n) is 2.87. The number of aliphatic hydroxyl groups is 1. The van der Waals surface area contributed by atoms with Crippen molar-refractivity contribution in [1.82, 2.24) is 5.32 Å². The average Bonchev–Trinajstić information content (AvgIpc) is 2.24. The average molecular weight is 216 g/mol. The van der Waals surface area contributed by atoms with Crippen molar-refractivity contribution >= 4 is 5.78 Å². The molecule has 3 unspecified atom stereocenters. The number of nitrogens with two attached hydrogens (primary N) is 1. The highest BCUT2D eigenvalue weighted by molar-refractivity contribution is 5.91. The maximum Gasteiger partial charge on any atom is 0.182 e. The van der Waals surface area contributed by atoms with Crippen molar-refractivity contribution in [3.05, 3.63) is 0 Å². The Hall–Kier alpha value is -0.450. The summed E-state index contributed by atoms with van der Waals surface area (Å²) in [5.74, 6) is -0.215. The van der Waals surface area contributed by atoms with E-state index in [1.54, 1.807) is 6.92 Å². The van der Waals surface area contributed by atoms with Gasteiger partial charge in [0.2, 0.25) is 0 Å². The highest BCUT2D eigenvalue weighted by Crippen LogP contribution is 2.12. The van der Waals surface area contributed by atoms with Crippen molar-refractivity contribution in [2.24, 2.45) is 5.73 Å². The first-order chi connectivity index (χ1) is 6.88. The number of carbonyl (C=O) groups excluding carboxylic acids is 1.